The molecule has 6 heteroatoms. The van der Waals surface area contributed by atoms with Gasteiger partial charge in [-0.05, 0) is 26.0 Å². The van der Waals surface area contributed by atoms with Crippen molar-refractivity contribution in [2.75, 3.05) is 18.2 Å². The van der Waals surface area contributed by atoms with Crippen molar-refractivity contribution in [3.8, 4) is 0 Å². The molecule has 0 saturated carbocycles. The van der Waals surface area contributed by atoms with Crippen LogP contribution in [0.5, 0.6) is 0 Å². The third kappa shape index (κ3) is 3.47. The first-order valence-corrected chi connectivity index (χ1v) is 7.33. The van der Waals surface area contributed by atoms with Gasteiger partial charge >= 0.3 is 0 Å². The number of thioether (sulfide) groups is 1. The number of carbonyl (C=O) groups is 2. The van der Waals surface area contributed by atoms with Gasteiger partial charge in [-0.25, -0.2) is 0 Å². The minimum absolute atomic E-state index is 0.0252. The van der Waals surface area contributed by atoms with Crippen LogP contribution in [0.3, 0.4) is 0 Å². The van der Waals surface area contributed by atoms with Gasteiger partial charge in [-0.3, -0.25) is 19.1 Å². The molecule has 0 atom stereocenters. The second kappa shape index (κ2) is 6.06. The Morgan fingerprint density at radius 1 is 1.47 bits per heavy atom. The minimum Gasteiger partial charge on any atom is -0.323 e. The molecule has 0 bridgehead atoms. The smallest absolute Gasteiger partial charge is 0.251 e. The lowest BCUT2D eigenvalue weighted by atomic mass is 10.4. The van der Waals surface area contributed by atoms with Crippen molar-refractivity contribution in [1.82, 2.24) is 9.47 Å². The van der Waals surface area contributed by atoms with Gasteiger partial charge in [-0.2, -0.15) is 0 Å². The molecule has 1 saturated heterocycles. The summed E-state index contributed by atoms with van der Waals surface area (Å²) in [7, 11) is 0. The van der Waals surface area contributed by atoms with Crippen LogP contribution in [0.2, 0.25) is 0 Å². The van der Waals surface area contributed by atoms with Crippen molar-refractivity contribution in [2.24, 2.45) is 4.99 Å². The SMILES string of the molecule is CC(C)N=c1ccccn1C(=O)CN1CSCC1=O. The van der Waals surface area contributed by atoms with Crippen molar-refractivity contribution < 1.29 is 9.59 Å². The predicted octanol–water partition coefficient (Wildman–Crippen LogP) is 0.970. The number of aromatic nitrogens is 1. The third-order valence-electron chi connectivity index (χ3n) is 2.65. The zero-order valence-corrected chi connectivity index (χ0v) is 11.9. The van der Waals surface area contributed by atoms with Crippen LogP contribution in [0.1, 0.15) is 18.6 Å². The topological polar surface area (TPSA) is 54.7 Å². The van der Waals surface area contributed by atoms with Crippen LogP contribution in [-0.4, -0.2) is 45.5 Å². The van der Waals surface area contributed by atoms with Crippen LogP contribution in [0.15, 0.2) is 29.4 Å². The molecule has 5 nitrogen and oxygen atoms in total. The highest BCUT2D eigenvalue weighted by atomic mass is 32.2. The Bertz CT molecular complexity index is 551. The Hall–Kier alpha value is -1.56. The number of nitrogens with zero attached hydrogens (tertiary/aromatic N) is 3. The Kier molecular flexibility index (Phi) is 4.42. The summed E-state index contributed by atoms with van der Waals surface area (Å²) in [6, 6.07) is 5.56. The molecule has 1 aromatic heterocycles. The molecule has 1 aromatic rings. The van der Waals surface area contributed by atoms with E-state index in [-0.39, 0.29) is 24.4 Å². The van der Waals surface area contributed by atoms with Gasteiger partial charge in [0.15, 0.2) is 0 Å². The van der Waals surface area contributed by atoms with E-state index in [9.17, 15) is 9.59 Å². The molecule has 19 heavy (non-hydrogen) atoms. The fraction of sp³-hybridized carbons (Fsp3) is 0.462. The maximum Gasteiger partial charge on any atom is 0.251 e. The summed E-state index contributed by atoms with van der Waals surface area (Å²) in [5.74, 6) is 0.956. The second-order valence-electron chi connectivity index (χ2n) is 4.61. The monoisotopic (exact) mass is 279 g/mol. The van der Waals surface area contributed by atoms with E-state index in [0.717, 1.165) is 0 Å². The zero-order valence-electron chi connectivity index (χ0n) is 11.1. The van der Waals surface area contributed by atoms with Gasteiger partial charge < -0.3 is 4.90 Å². The first-order valence-electron chi connectivity index (χ1n) is 6.18. The van der Waals surface area contributed by atoms with E-state index in [4.69, 9.17) is 0 Å². The quantitative estimate of drug-likeness (QED) is 0.828. The minimum atomic E-state index is -0.129. The zero-order chi connectivity index (χ0) is 13.8. The Labute approximate surface area is 116 Å². The van der Waals surface area contributed by atoms with E-state index in [1.165, 1.54) is 16.3 Å². The molecule has 0 aromatic carbocycles. The molecule has 2 heterocycles. The van der Waals surface area contributed by atoms with Crippen molar-refractivity contribution in [3.05, 3.63) is 29.9 Å². The lowest BCUT2D eigenvalue weighted by Crippen LogP contribution is -2.38. The lowest BCUT2D eigenvalue weighted by Gasteiger charge is -2.14. The molecule has 1 amide bonds. The standard InChI is InChI=1S/C13H17N3O2S/c1-10(2)14-11-5-3-4-6-16(11)12(17)7-15-9-19-8-13(15)18/h3-6,10H,7-9H2,1-2H3. The van der Waals surface area contributed by atoms with Gasteiger partial charge in [0, 0.05) is 12.2 Å². The first kappa shape index (κ1) is 13.9. The van der Waals surface area contributed by atoms with Gasteiger partial charge in [0.25, 0.3) is 5.91 Å². The van der Waals surface area contributed by atoms with E-state index in [2.05, 4.69) is 4.99 Å². The summed E-state index contributed by atoms with van der Waals surface area (Å²) >= 11 is 1.53. The molecule has 0 aliphatic carbocycles. The third-order valence-corrected chi connectivity index (χ3v) is 3.59. The molecule has 2 rings (SSSR count). The highest BCUT2D eigenvalue weighted by molar-refractivity contribution is 8.00. The van der Waals surface area contributed by atoms with E-state index < -0.39 is 0 Å². The van der Waals surface area contributed by atoms with Crippen LogP contribution >= 0.6 is 11.8 Å². The molecule has 0 unspecified atom stereocenters. The number of hydrogen-bond acceptors (Lipinski definition) is 4. The van der Waals surface area contributed by atoms with Gasteiger partial charge in [-0.1, -0.05) is 6.07 Å². The number of pyridine rings is 1. The summed E-state index contributed by atoms with van der Waals surface area (Å²) in [5, 5.41) is 0. The van der Waals surface area contributed by atoms with Gasteiger partial charge in [-0.15, -0.1) is 11.8 Å². The summed E-state index contributed by atoms with van der Waals surface area (Å²) in [4.78, 5) is 29.8. The Morgan fingerprint density at radius 2 is 2.26 bits per heavy atom. The molecule has 102 valence electrons. The molecule has 1 fully saturated rings. The average molecular weight is 279 g/mol. The number of carbonyl (C=O) groups excluding carboxylic acids is 2. The first-order chi connectivity index (χ1) is 9.08. The van der Waals surface area contributed by atoms with Crippen molar-refractivity contribution in [2.45, 2.75) is 19.9 Å². The Morgan fingerprint density at radius 3 is 2.89 bits per heavy atom. The maximum atomic E-state index is 12.2. The van der Waals surface area contributed by atoms with Crippen molar-refractivity contribution >= 4 is 23.6 Å². The molecular formula is C13H17N3O2S. The van der Waals surface area contributed by atoms with Gasteiger partial charge in [0.05, 0.1) is 11.6 Å². The van der Waals surface area contributed by atoms with Crippen LogP contribution in [-0.2, 0) is 4.79 Å². The molecule has 1 aliphatic rings. The second-order valence-corrected chi connectivity index (χ2v) is 5.57. The van der Waals surface area contributed by atoms with Crippen molar-refractivity contribution in [1.29, 1.82) is 0 Å². The molecular weight excluding hydrogens is 262 g/mol. The van der Waals surface area contributed by atoms with E-state index in [0.29, 0.717) is 17.1 Å². The predicted molar refractivity (Wildman–Crippen MR) is 74.8 cm³/mol. The Balaban J connectivity index is 2.22. The molecule has 0 radical (unpaired) electrons. The van der Waals surface area contributed by atoms with E-state index in [1.807, 2.05) is 19.9 Å². The summed E-state index contributed by atoms with van der Waals surface area (Å²) in [6.07, 6.45) is 1.69. The average Bonchev–Trinajstić information content (AvgIpc) is 2.75. The summed E-state index contributed by atoms with van der Waals surface area (Å²) in [5.41, 5.74) is 0.627. The van der Waals surface area contributed by atoms with Crippen LogP contribution < -0.4 is 5.49 Å². The van der Waals surface area contributed by atoms with Gasteiger partial charge in [0.2, 0.25) is 5.91 Å². The van der Waals surface area contributed by atoms with E-state index in [1.54, 1.807) is 23.2 Å². The molecule has 0 spiro atoms. The highest BCUT2D eigenvalue weighted by Gasteiger charge is 2.23. The normalized spacial score (nSPS) is 16.5. The fourth-order valence-corrected chi connectivity index (χ4v) is 2.70. The fourth-order valence-electron chi connectivity index (χ4n) is 1.79. The molecule has 1 aliphatic heterocycles. The van der Waals surface area contributed by atoms with Crippen LogP contribution in [0.4, 0.5) is 0 Å². The summed E-state index contributed by atoms with van der Waals surface area (Å²) < 4.78 is 1.51. The van der Waals surface area contributed by atoms with Crippen molar-refractivity contribution in [3.63, 3.8) is 0 Å². The molecule has 0 N–H and O–H groups in total. The number of amides is 1. The van der Waals surface area contributed by atoms with E-state index >= 15 is 0 Å². The van der Waals surface area contributed by atoms with Crippen LogP contribution in [0.25, 0.3) is 0 Å². The van der Waals surface area contributed by atoms with Gasteiger partial charge in [0.1, 0.15) is 12.0 Å². The number of hydrogen-bond donors (Lipinski definition) is 0. The highest BCUT2D eigenvalue weighted by Crippen LogP contribution is 2.14. The number of rotatable bonds is 3. The summed E-state index contributed by atoms with van der Waals surface area (Å²) in [6.45, 7) is 4.03. The lowest BCUT2D eigenvalue weighted by molar-refractivity contribution is -0.126. The maximum absolute atomic E-state index is 12.2. The van der Waals surface area contributed by atoms with Crippen LogP contribution in [0, 0.1) is 0 Å². The largest absolute Gasteiger partial charge is 0.323 e.